The molecule has 8 nitrogen and oxygen atoms in total. The first-order valence-corrected chi connectivity index (χ1v) is 14.1. The number of nitrogens with one attached hydrogen (secondary N) is 1. The third kappa shape index (κ3) is 5.13. The molecule has 1 saturated carbocycles. The molecule has 3 heterocycles. The zero-order valence-electron chi connectivity index (χ0n) is 19.0. The van der Waals surface area contributed by atoms with Crippen molar-refractivity contribution in [1.29, 1.82) is 5.26 Å². The van der Waals surface area contributed by atoms with E-state index >= 15 is 0 Å². The first-order valence-electron chi connectivity index (χ1n) is 11.9. The van der Waals surface area contributed by atoms with Gasteiger partial charge in [0.25, 0.3) is 10.0 Å². The standard InChI is InChI=1S/C24H29N5O3S2/c25-17-20-9-10-23(32-20)34(30,31)27-19-7-5-18(6-8-19)11-12-28-13-15-29(16-14-28)24-21-3-1-2-4-22(21)33-26-24/h1-4,9-10,18-19,27H,5-8,11-16H2/t18-,19-. The molecule has 10 heteroatoms. The Morgan fingerprint density at radius 1 is 1.09 bits per heavy atom. The summed E-state index contributed by atoms with van der Waals surface area (Å²) in [5, 5.41) is 9.91. The fraction of sp³-hybridized carbons (Fsp3) is 0.500. The molecule has 3 aromatic rings. The number of hydrogen-bond acceptors (Lipinski definition) is 8. The van der Waals surface area contributed by atoms with Crippen LogP contribution in [0.4, 0.5) is 5.82 Å². The third-order valence-corrected chi connectivity index (χ3v) is 9.22. The van der Waals surface area contributed by atoms with Crippen molar-refractivity contribution in [3.8, 4) is 6.07 Å². The van der Waals surface area contributed by atoms with Crippen LogP contribution in [0.5, 0.6) is 0 Å². The summed E-state index contributed by atoms with van der Waals surface area (Å²) in [6.07, 6.45) is 4.88. The Morgan fingerprint density at radius 3 is 2.59 bits per heavy atom. The molecule has 180 valence electrons. The number of fused-ring (bicyclic) bond motifs is 1. The second kappa shape index (κ2) is 10.0. The van der Waals surface area contributed by atoms with Crippen LogP contribution in [0, 0.1) is 17.2 Å². The number of benzene rings is 1. The molecule has 2 fully saturated rings. The van der Waals surface area contributed by atoms with Crippen molar-refractivity contribution in [2.24, 2.45) is 5.92 Å². The lowest BCUT2D eigenvalue weighted by atomic mass is 9.84. The Morgan fingerprint density at radius 2 is 1.85 bits per heavy atom. The summed E-state index contributed by atoms with van der Waals surface area (Å²) in [4.78, 5) is 4.95. The summed E-state index contributed by atoms with van der Waals surface area (Å²) in [6.45, 7) is 5.20. The highest BCUT2D eigenvalue weighted by Crippen LogP contribution is 2.31. The molecule has 34 heavy (non-hydrogen) atoms. The normalized spacial score (nSPS) is 22.1. The minimum atomic E-state index is -3.72. The molecular weight excluding hydrogens is 470 g/mol. The van der Waals surface area contributed by atoms with Gasteiger partial charge in [0.05, 0.1) is 4.70 Å². The van der Waals surface area contributed by atoms with Gasteiger partial charge in [0.1, 0.15) is 11.9 Å². The average Bonchev–Trinajstić information content (AvgIpc) is 3.52. The van der Waals surface area contributed by atoms with Gasteiger partial charge in [-0.2, -0.15) is 9.64 Å². The van der Waals surface area contributed by atoms with Crippen molar-refractivity contribution in [3.63, 3.8) is 0 Å². The minimum Gasteiger partial charge on any atom is -0.433 e. The number of piperazine rings is 1. The highest BCUT2D eigenvalue weighted by molar-refractivity contribution is 7.89. The molecule has 1 aliphatic heterocycles. The molecule has 1 aliphatic carbocycles. The maximum atomic E-state index is 12.5. The maximum absolute atomic E-state index is 12.5. The van der Waals surface area contributed by atoms with Crippen molar-refractivity contribution in [2.75, 3.05) is 37.6 Å². The van der Waals surface area contributed by atoms with E-state index in [2.05, 4.69) is 38.8 Å². The SMILES string of the molecule is N#Cc1ccc(S(=O)(=O)N[C@H]2CC[C@H](CCN3CCN(c4nsc5ccccc45)CC3)CC2)o1. The van der Waals surface area contributed by atoms with E-state index in [1.807, 2.05) is 6.07 Å². The van der Waals surface area contributed by atoms with E-state index in [1.54, 1.807) is 11.5 Å². The first-order chi connectivity index (χ1) is 16.5. The molecule has 0 spiro atoms. The summed E-state index contributed by atoms with van der Waals surface area (Å²) >= 11 is 1.58. The van der Waals surface area contributed by atoms with E-state index in [0.29, 0.717) is 5.92 Å². The minimum absolute atomic E-state index is 0.00449. The smallest absolute Gasteiger partial charge is 0.274 e. The zero-order chi connectivity index (χ0) is 23.5. The van der Waals surface area contributed by atoms with Gasteiger partial charge in [-0.15, -0.1) is 0 Å². The van der Waals surface area contributed by atoms with E-state index in [4.69, 9.17) is 14.1 Å². The molecule has 5 rings (SSSR count). The van der Waals surface area contributed by atoms with Gasteiger partial charge < -0.3 is 9.32 Å². The summed E-state index contributed by atoms with van der Waals surface area (Å²) < 4.78 is 38.8. The first kappa shape index (κ1) is 23.3. The number of aromatic nitrogens is 1. The van der Waals surface area contributed by atoms with Crippen molar-refractivity contribution in [3.05, 3.63) is 42.2 Å². The van der Waals surface area contributed by atoms with E-state index in [1.165, 1.54) is 22.2 Å². The number of hydrogen-bond donors (Lipinski definition) is 1. The van der Waals surface area contributed by atoms with Crippen LogP contribution >= 0.6 is 11.5 Å². The predicted molar refractivity (Wildman–Crippen MR) is 132 cm³/mol. The van der Waals surface area contributed by atoms with Crippen molar-refractivity contribution in [2.45, 2.75) is 43.2 Å². The van der Waals surface area contributed by atoms with Gasteiger partial charge in [0.15, 0.2) is 0 Å². The zero-order valence-corrected chi connectivity index (χ0v) is 20.7. The second-order valence-corrected chi connectivity index (χ2v) is 11.6. The van der Waals surface area contributed by atoms with E-state index in [-0.39, 0.29) is 16.9 Å². The molecule has 1 saturated heterocycles. The topological polar surface area (TPSA) is 102 Å². The van der Waals surface area contributed by atoms with Gasteiger partial charge in [-0.25, -0.2) is 13.1 Å². The van der Waals surface area contributed by atoms with Crippen LogP contribution in [0.15, 0.2) is 45.9 Å². The lowest BCUT2D eigenvalue weighted by molar-refractivity contribution is 0.214. The molecule has 0 bridgehead atoms. The second-order valence-electron chi connectivity index (χ2n) is 9.19. The van der Waals surface area contributed by atoms with E-state index in [0.717, 1.165) is 70.6 Å². The van der Waals surface area contributed by atoms with Gasteiger partial charge in [0, 0.05) is 37.6 Å². The molecule has 1 N–H and O–H groups in total. The third-order valence-electron chi connectivity index (χ3n) is 7.01. The number of furan rings is 1. The van der Waals surface area contributed by atoms with Gasteiger partial charge in [-0.05, 0) is 80.4 Å². The van der Waals surface area contributed by atoms with Crippen LogP contribution in [0.3, 0.4) is 0 Å². The van der Waals surface area contributed by atoms with Crippen LogP contribution in [-0.4, -0.2) is 56.5 Å². The van der Waals surface area contributed by atoms with Crippen LogP contribution in [0.1, 0.15) is 37.9 Å². The van der Waals surface area contributed by atoms with Crippen molar-refractivity contribution in [1.82, 2.24) is 14.0 Å². The molecule has 2 aromatic heterocycles. The Labute approximate surface area is 204 Å². The lowest BCUT2D eigenvalue weighted by Crippen LogP contribution is -2.47. The lowest BCUT2D eigenvalue weighted by Gasteiger charge is -2.36. The highest BCUT2D eigenvalue weighted by atomic mass is 32.2. The van der Waals surface area contributed by atoms with Gasteiger partial charge >= 0.3 is 0 Å². The summed E-state index contributed by atoms with van der Waals surface area (Å²) in [7, 11) is -3.72. The van der Waals surface area contributed by atoms with E-state index < -0.39 is 10.0 Å². The molecule has 0 amide bonds. The Kier molecular flexibility index (Phi) is 6.88. The molecular formula is C24H29N5O3S2. The highest BCUT2D eigenvalue weighted by Gasteiger charge is 2.28. The maximum Gasteiger partial charge on any atom is 0.274 e. The van der Waals surface area contributed by atoms with Crippen molar-refractivity contribution < 1.29 is 12.8 Å². The summed E-state index contributed by atoms with van der Waals surface area (Å²) in [6, 6.07) is 12.9. The predicted octanol–water partition coefficient (Wildman–Crippen LogP) is 3.81. The molecule has 0 atom stereocenters. The van der Waals surface area contributed by atoms with Gasteiger partial charge in [-0.3, -0.25) is 4.90 Å². The quantitative estimate of drug-likeness (QED) is 0.527. The van der Waals surface area contributed by atoms with Crippen LogP contribution < -0.4 is 9.62 Å². The summed E-state index contributed by atoms with van der Waals surface area (Å²) in [5.41, 5.74) is 0. The van der Waals surface area contributed by atoms with Crippen LogP contribution in [-0.2, 0) is 10.0 Å². The molecule has 2 aliphatic rings. The van der Waals surface area contributed by atoms with Crippen molar-refractivity contribution >= 4 is 37.5 Å². The number of sulfonamides is 1. The van der Waals surface area contributed by atoms with Gasteiger partial charge in [-0.1, -0.05) is 12.1 Å². The molecule has 0 unspecified atom stereocenters. The number of anilines is 1. The Balaban J connectivity index is 1.04. The number of nitrogens with zero attached hydrogens (tertiary/aromatic N) is 4. The number of nitriles is 1. The Bertz CT molecular complexity index is 1260. The fourth-order valence-corrected chi connectivity index (χ4v) is 7.05. The average molecular weight is 500 g/mol. The molecule has 0 radical (unpaired) electrons. The monoisotopic (exact) mass is 499 g/mol. The van der Waals surface area contributed by atoms with Crippen LogP contribution in [0.2, 0.25) is 0 Å². The van der Waals surface area contributed by atoms with E-state index in [9.17, 15) is 8.42 Å². The Hall–Kier alpha value is -2.45. The largest absolute Gasteiger partial charge is 0.433 e. The number of rotatable bonds is 7. The fourth-order valence-electron chi connectivity index (χ4n) is 5.02. The van der Waals surface area contributed by atoms with Crippen LogP contribution in [0.25, 0.3) is 10.1 Å². The summed E-state index contributed by atoms with van der Waals surface area (Å²) in [5.74, 6) is 1.76. The van der Waals surface area contributed by atoms with Gasteiger partial charge in [0.2, 0.25) is 10.9 Å². The molecule has 1 aromatic carbocycles.